The molecule has 1 unspecified atom stereocenters. The Hall–Kier alpha value is -2.18. The van der Waals surface area contributed by atoms with Crippen molar-refractivity contribution in [3.63, 3.8) is 0 Å². The number of carbonyl (C=O) groups is 2. The monoisotopic (exact) mass is 383 g/mol. The topological polar surface area (TPSA) is 61.9 Å². The molecule has 4 rings (SSSR count). The zero-order chi connectivity index (χ0) is 19.4. The van der Waals surface area contributed by atoms with Crippen LogP contribution in [0.2, 0.25) is 0 Å². The van der Waals surface area contributed by atoms with Crippen molar-refractivity contribution in [1.82, 2.24) is 15.1 Å². The van der Waals surface area contributed by atoms with E-state index >= 15 is 0 Å². The first kappa shape index (κ1) is 19.2. The minimum absolute atomic E-state index is 0.0279. The lowest BCUT2D eigenvalue weighted by molar-refractivity contribution is -0.147. The van der Waals surface area contributed by atoms with Crippen molar-refractivity contribution in [3.05, 3.63) is 42.0 Å². The van der Waals surface area contributed by atoms with Gasteiger partial charge in [0.05, 0.1) is 6.61 Å². The van der Waals surface area contributed by atoms with Crippen LogP contribution in [0.15, 0.2) is 36.4 Å². The molecule has 3 aliphatic heterocycles. The van der Waals surface area contributed by atoms with Gasteiger partial charge in [0.1, 0.15) is 6.10 Å². The second-order valence-corrected chi connectivity index (χ2v) is 8.15. The molecule has 150 valence electrons. The molecule has 0 aliphatic carbocycles. The van der Waals surface area contributed by atoms with Gasteiger partial charge in [-0.05, 0) is 18.4 Å². The molecule has 0 radical (unpaired) electrons. The first-order valence-electron chi connectivity index (χ1n) is 10.3. The molecule has 1 atom stereocenters. The molecule has 3 saturated heterocycles. The van der Waals surface area contributed by atoms with Gasteiger partial charge in [-0.2, -0.15) is 0 Å². The lowest BCUT2D eigenvalue weighted by Gasteiger charge is -2.40. The molecule has 3 fully saturated rings. The summed E-state index contributed by atoms with van der Waals surface area (Å²) in [5.74, 6) is 0.325. The summed E-state index contributed by atoms with van der Waals surface area (Å²) in [5.41, 5.74) is 1.18. The van der Waals surface area contributed by atoms with Crippen LogP contribution in [0, 0.1) is 5.41 Å². The molecule has 1 spiro atoms. The van der Waals surface area contributed by atoms with Crippen LogP contribution in [0.25, 0.3) is 6.08 Å². The molecule has 3 heterocycles. The Morgan fingerprint density at radius 2 is 2.04 bits per heavy atom. The summed E-state index contributed by atoms with van der Waals surface area (Å²) < 4.78 is 5.60. The van der Waals surface area contributed by atoms with E-state index in [1.165, 1.54) is 0 Å². The highest BCUT2D eigenvalue weighted by molar-refractivity contribution is 5.82. The molecule has 0 saturated carbocycles. The molecular formula is C22H29N3O3. The zero-order valence-electron chi connectivity index (χ0n) is 16.3. The van der Waals surface area contributed by atoms with Gasteiger partial charge in [0.2, 0.25) is 5.91 Å². The van der Waals surface area contributed by atoms with E-state index in [9.17, 15) is 9.59 Å². The minimum atomic E-state index is -0.354. The van der Waals surface area contributed by atoms with Gasteiger partial charge in [0.15, 0.2) is 0 Å². The van der Waals surface area contributed by atoms with Crippen molar-refractivity contribution in [2.24, 2.45) is 5.41 Å². The maximum Gasteiger partial charge on any atom is 0.253 e. The third-order valence-electron chi connectivity index (χ3n) is 6.18. The quantitative estimate of drug-likeness (QED) is 0.857. The number of hydrogen-bond acceptors (Lipinski definition) is 4. The van der Waals surface area contributed by atoms with Crippen molar-refractivity contribution in [1.29, 1.82) is 0 Å². The molecule has 1 N–H and O–H groups in total. The van der Waals surface area contributed by atoms with Crippen molar-refractivity contribution in [2.75, 3.05) is 45.9 Å². The molecule has 6 heteroatoms. The highest BCUT2D eigenvalue weighted by Gasteiger charge is 2.45. The average Bonchev–Trinajstić information content (AvgIpc) is 3.04. The van der Waals surface area contributed by atoms with Crippen LogP contribution >= 0.6 is 0 Å². The third-order valence-corrected chi connectivity index (χ3v) is 6.18. The number of morpholine rings is 1. The highest BCUT2D eigenvalue weighted by Crippen LogP contribution is 2.41. The fourth-order valence-electron chi connectivity index (χ4n) is 4.49. The first-order valence-corrected chi connectivity index (χ1v) is 10.3. The number of amides is 2. The molecule has 0 aromatic heterocycles. The Balaban J connectivity index is 1.29. The third kappa shape index (κ3) is 4.28. The summed E-state index contributed by atoms with van der Waals surface area (Å²) in [7, 11) is 0. The van der Waals surface area contributed by atoms with Gasteiger partial charge in [-0.3, -0.25) is 9.59 Å². The molecule has 28 heavy (non-hydrogen) atoms. The average molecular weight is 383 g/mol. The fraction of sp³-hybridized carbons (Fsp3) is 0.545. The first-order chi connectivity index (χ1) is 13.7. The van der Waals surface area contributed by atoms with Gasteiger partial charge in [-0.15, -0.1) is 0 Å². The minimum Gasteiger partial charge on any atom is -0.366 e. The van der Waals surface area contributed by atoms with E-state index in [2.05, 4.69) is 29.6 Å². The predicted octanol–water partition coefficient (Wildman–Crippen LogP) is 1.53. The summed E-state index contributed by atoms with van der Waals surface area (Å²) in [4.78, 5) is 29.1. The number of carbonyl (C=O) groups excluding carboxylic acids is 2. The zero-order valence-corrected chi connectivity index (χ0v) is 16.3. The maximum absolute atomic E-state index is 12.6. The largest absolute Gasteiger partial charge is 0.366 e. The van der Waals surface area contributed by atoms with Crippen LogP contribution < -0.4 is 5.32 Å². The van der Waals surface area contributed by atoms with Gasteiger partial charge < -0.3 is 19.9 Å². The van der Waals surface area contributed by atoms with E-state index in [0.717, 1.165) is 44.6 Å². The smallest absolute Gasteiger partial charge is 0.253 e. The highest BCUT2D eigenvalue weighted by atomic mass is 16.5. The van der Waals surface area contributed by atoms with Crippen LogP contribution in [-0.2, 0) is 14.3 Å². The van der Waals surface area contributed by atoms with Crippen LogP contribution in [0.5, 0.6) is 0 Å². The van der Waals surface area contributed by atoms with Gasteiger partial charge in [0.25, 0.3) is 5.91 Å². The van der Waals surface area contributed by atoms with E-state index in [1.807, 2.05) is 28.0 Å². The number of likely N-dealkylation sites (tertiary alicyclic amines) is 2. The molecule has 6 nitrogen and oxygen atoms in total. The predicted molar refractivity (Wildman–Crippen MR) is 108 cm³/mol. The van der Waals surface area contributed by atoms with Gasteiger partial charge in [-0.1, -0.05) is 42.5 Å². The normalized spacial score (nSPS) is 25.0. The van der Waals surface area contributed by atoms with Crippen molar-refractivity contribution in [2.45, 2.75) is 25.4 Å². The number of nitrogens with zero attached hydrogens (tertiary/aromatic N) is 2. The van der Waals surface area contributed by atoms with E-state index in [4.69, 9.17) is 4.74 Å². The van der Waals surface area contributed by atoms with Gasteiger partial charge >= 0.3 is 0 Å². The summed E-state index contributed by atoms with van der Waals surface area (Å²) in [5, 5.41) is 3.22. The van der Waals surface area contributed by atoms with Crippen molar-refractivity contribution >= 4 is 17.9 Å². The number of hydrogen-bond donors (Lipinski definition) is 1. The fourth-order valence-corrected chi connectivity index (χ4v) is 4.49. The Kier molecular flexibility index (Phi) is 5.78. The van der Waals surface area contributed by atoms with E-state index in [-0.39, 0.29) is 23.3 Å². The van der Waals surface area contributed by atoms with Crippen LogP contribution in [0.4, 0.5) is 0 Å². The van der Waals surface area contributed by atoms with E-state index < -0.39 is 0 Å². The lowest BCUT2D eigenvalue weighted by Crippen LogP contribution is -2.52. The SMILES string of the molecule is O=C1CC2(CCN(C(=O)C3CNCCO3)CC2)CN1C/C=C/c1ccccc1. The molecular weight excluding hydrogens is 354 g/mol. The molecule has 1 aromatic rings. The summed E-state index contributed by atoms with van der Waals surface area (Å²) >= 11 is 0. The summed E-state index contributed by atoms with van der Waals surface area (Å²) in [6, 6.07) is 10.1. The number of nitrogens with one attached hydrogen (secondary N) is 1. The Morgan fingerprint density at radius 1 is 1.25 bits per heavy atom. The van der Waals surface area contributed by atoms with Gasteiger partial charge in [-0.25, -0.2) is 0 Å². The lowest BCUT2D eigenvalue weighted by atomic mass is 9.77. The van der Waals surface area contributed by atoms with Crippen LogP contribution in [0.1, 0.15) is 24.8 Å². The maximum atomic E-state index is 12.6. The number of rotatable bonds is 4. The van der Waals surface area contributed by atoms with Gasteiger partial charge in [0, 0.05) is 51.1 Å². The number of piperidine rings is 1. The standard InChI is InChI=1S/C22H29N3O3/c26-20-15-22(17-25(20)11-4-7-18-5-2-1-3-6-18)8-12-24(13-9-22)21(27)19-16-23-10-14-28-19/h1-7,19,23H,8-17H2/b7-4+. The number of benzene rings is 1. The molecule has 3 aliphatic rings. The Labute approximate surface area is 166 Å². The molecule has 1 aromatic carbocycles. The molecule has 0 bridgehead atoms. The molecule has 2 amide bonds. The van der Waals surface area contributed by atoms with Crippen molar-refractivity contribution in [3.8, 4) is 0 Å². The Morgan fingerprint density at radius 3 is 2.75 bits per heavy atom. The Bertz CT molecular complexity index is 720. The van der Waals surface area contributed by atoms with E-state index in [1.54, 1.807) is 0 Å². The van der Waals surface area contributed by atoms with Crippen molar-refractivity contribution < 1.29 is 14.3 Å². The summed E-state index contributed by atoms with van der Waals surface area (Å²) in [6.07, 6.45) is 6.17. The second kappa shape index (κ2) is 8.45. The summed E-state index contributed by atoms with van der Waals surface area (Å²) in [6.45, 7) is 4.89. The van der Waals surface area contributed by atoms with Crippen LogP contribution in [0.3, 0.4) is 0 Å². The number of ether oxygens (including phenoxy) is 1. The second-order valence-electron chi connectivity index (χ2n) is 8.15. The van der Waals surface area contributed by atoms with Crippen LogP contribution in [-0.4, -0.2) is 73.6 Å². The van der Waals surface area contributed by atoms with E-state index in [0.29, 0.717) is 26.1 Å².